The Morgan fingerprint density at radius 3 is 2.47 bits per heavy atom. The molecule has 3 heterocycles. The van der Waals surface area contributed by atoms with Crippen LogP contribution in [-0.2, 0) is 26.1 Å². The molecule has 3 aromatic rings. The van der Waals surface area contributed by atoms with Crippen LogP contribution in [0.4, 0.5) is 0 Å². The predicted octanol–water partition coefficient (Wildman–Crippen LogP) is 4.31. The molecule has 1 aromatic carbocycles. The zero-order valence-electron chi connectivity index (χ0n) is 17.0. The van der Waals surface area contributed by atoms with Gasteiger partial charge in [-0.15, -0.1) is 0 Å². The molecule has 1 aliphatic heterocycles. The van der Waals surface area contributed by atoms with E-state index in [1.54, 1.807) is 10.8 Å². The summed E-state index contributed by atoms with van der Waals surface area (Å²) < 4.78 is 7.43. The van der Waals surface area contributed by atoms with Crippen molar-refractivity contribution in [2.75, 3.05) is 13.1 Å². The molecule has 4 rings (SSSR count). The van der Waals surface area contributed by atoms with Crippen LogP contribution in [0, 0.1) is 0 Å². The van der Waals surface area contributed by atoms with E-state index in [1.165, 1.54) is 32.0 Å². The Morgan fingerprint density at radius 2 is 1.77 bits per heavy atom. The van der Waals surface area contributed by atoms with Crippen molar-refractivity contribution >= 4 is 11.6 Å². The third kappa shape index (κ3) is 5.71. The van der Waals surface area contributed by atoms with Crippen LogP contribution in [0.1, 0.15) is 29.7 Å². The predicted molar refractivity (Wildman–Crippen MR) is 119 cm³/mol. The number of benzene rings is 1. The normalized spacial score (nSPS) is 14.2. The van der Waals surface area contributed by atoms with Gasteiger partial charge in [0.15, 0.2) is 0 Å². The zero-order chi connectivity index (χ0) is 20.8. The molecule has 30 heavy (non-hydrogen) atoms. The topological polar surface area (TPSA) is 47.4 Å². The Kier molecular flexibility index (Phi) is 6.82. The number of ether oxygens (including phenoxy) is 1. The SMILES string of the molecule is O=c1cc(OCc2ccc(Cl)cc2)ccn1CCc1ccc(CN2CCCC2)nc1. The molecule has 0 unspecified atom stereocenters. The van der Waals surface area contributed by atoms with Crippen LogP contribution >= 0.6 is 11.6 Å². The summed E-state index contributed by atoms with van der Waals surface area (Å²) in [6, 6.07) is 15.1. The first-order chi connectivity index (χ1) is 14.7. The Labute approximate surface area is 181 Å². The molecule has 0 spiro atoms. The standard InChI is InChI=1S/C24H26ClN3O2/c25-21-6-3-20(4-7-21)18-30-23-10-14-28(24(29)15-23)13-9-19-5-8-22(26-16-19)17-27-11-1-2-12-27/h3-8,10,14-16H,1-2,9,11-13,17-18H2. The number of hydrogen-bond acceptors (Lipinski definition) is 4. The molecule has 6 heteroatoms. The highest BCUT2D eigenvalue weighted by Crippen LogP contribution is 2.14. The number of likely N-dealkylation sites (tertiary alicyclic amines) is 1. The van der Waals surface area contributed by atoms with Crippen molar-refractivity contribution in [3.05, 3.63) is 93.1 Å². The summed E-state index contributed by atoms with van der Waals surface area (Å²) in [5, 5.41) is 0.692. The lowest BCUT2D eigenvalue weighted by Crippen LogP contribution is -2.20. The summed E-state index contributed by atoms with van der Waals surface area (Å²) in [6.45, 7) is 4.29. The smallest absolute Gasteiger partial charge is 0.254 e. The van der Waals surface area contributed by atoms with Gasteiger partial charge in [-0.2, -0.15) is 0 Å². The second-order valence-corrected chi connectivity index (χ2v) is 8.14. The highest BCUT2D eigenvalue weighted by molar-refractivity contribution is 6.30. The zero-order valence-corrected chi connectivity index (χ0v) is 17.7. The van der Waals surface area contributed by atoms with Crippen molar-refractivity contribution in [3.8, 4) is 5.75 Å². The summed E-state index contributed by atoms with van der Waals surface area (Å²) in [5.74, 6) is 0.569. The minimum atomic E-state index is -0.0674. The van der Waals surface area contributed by atoms with Gasteiger partial charge in [-0.05, 0) is 67.7 Å². The van der Waals surface area contributed by atoms with Gasteiger partial charge in [0.1, 0.15) is 12.4 Å². The molecule has 0 N–H and O–H groups in total. The lowest BCUT2D eigenvalue weighted by atomic mass is 10.2. The second kappa shape index (κ2) is 9.92. The van der Waals surface area contributed by atoms with Crippen LogP contribution in [0.3, 0.4) is 0 Å². The molecule has 1 saturated heterocycles. The Balaban J connectivity index is 1.29. The van der Waals surface area contributed by atoms with E-state index in [1.807, 2.05) is 36.5 Å². The Bertz CT molecular complexity index is 1010. The molecule has 0 radical (unpaired) electrons. The van der Waals surface area contributed by atoms with Gasteiger partial charge in [0, 0.05) is 36.6 Å². The van der Waals surface area contributed by atoms with Gasteiger partial charge in [0.2, 0.25) is 0 Å². The Hall–Kier alpha value is -2.63. The van der Waals surface area contributed by atoms with Crippen molar-refractivity contribution in [1.29, 1.82) is 0 Å². The molecule has 1 aliphatic rings. The Morgan fingerprint density at radius 1 is 1.00 bits per heavy atom. The largest absolute Gasteiger partial charge is 0.489 e. The molecular formula is C24H26ClN3O2. The van der Waals surface area contributed by atoms with E-state index in [9.17, 15) is 4.79 Å². The van der Waals surface area contributed by atoms with Gasteiger partial charge in [0.05, 0.1) is 5.69 Å². The maximum Gasteiger partial charge on any atom is 0.254 e. The summed E-state index contributed by atoms with van der Waals surface area (Å²) in [7, 11) is 0. The molecule has 156 valence electrons. The van der Waals surface area contributed by atoms with Crippen LogP contribution in [0.15, 0.2) is 65.7 Å². The van der Waals surface area contributed by atoms with E-state index in [-0.39, 0.29) is 5.56 Å². The minimum Gasteiger partial charge on any atom is -0.489 e. The molecular weight excluding hydrogens is 398 g/mol. The summed E-state index contributed by atoms with van der Waals surface area (Å²) in [4.78, 5) is 19.4. The molecule has 5 nitrogen and oxygen atoms in total. The second-order valence-electron chi connectivity index (χ2n) is 7.70. The van der Waals surface area contributed by atoms with Crippen LogP contribution in [0.2, 0.25) is 5.02 Å². The maximum absolute atomic E-state index is 12.4. The molecule has 0 aliphatic carbocycles. The molecule has 0 saturated carbocycles. The van der Waals surface area contributed by atoms with E-state index in [4.69, 9.17) is 16.3 Å². The maximum atomic E-state index is 12.4. The summed E-state index contributed by atoms with van der Waals surface area (Å²) in [6.07, 6.45) is 7.06. The third-order valence-electron chi connectivity index (χ3n) is 5.40. The number of aryl methyl sites for hydroxylation is 2. The lowest BCUT2D eigenvalue weighted by molar-refractivity contribution is 0.305. The average Bonchev–Trinajstić information content (AvgIpc) is 3.27. The number of nitrogens with zero attached hydrogens (tertiary/aromatic N) is 3. The van der Waals surface area contributed by atoms with Crippen molar-refractivity contribution in [1.82, 2.24) is 14.5 Å². The van der Waals surface area contributed by atoms with Crippen molar-refractivity contribution in [2.45, 2.75) is 39.0 Å². The third-order valence-corrected chi connectivity index (χ3v) is 5.65. The van der Waals surface area contributed by atoms with Crippen LogP contribution < -0.4 is 10.3 Å². The van der Waals surface area contributed by atoms with Crippen molar-refractivity contribution in [2.24, 2.45) is 0 Å². The highest BCUT2D eigenvalue weighted by Gasteiger charge is 2.12. The number of pyridine rings is 2. The van der Waals surface area contributed by atoms with E-state index in [0.717, 1.165) is 29.8 Å². The highest BCUT2D eigenvalue weighted by atomic mass is 35.5. The summed E-state index contributed by atoms with van der Waals surface area (Å²) >= 11 is 5.89. The van der Waals surface area contributed by atoms with Gasteiger partial charge in [-0.3, -0.25) is 14.7 Å². The van der Waals surface area contributed by atoms with E-state index in [0.29, 0.717) is 23.9 Å². The fraction of sp³-hybridized carbons (Fsp3) is 0.333. The lowest BCUT2D eigenvalue weighted by Gasteiger charge is -2.14. The first-order valence-corrected chi connectivity index (χ1v) is 10.8. The number of hydrogen-bond donors (Lipinski definition) is 0. The summed E-state index contributed by atoms with van der Waals surface area (Å²) in [5.41, 5.74) is 3.18. The van der Waals surface area contributed by atoms with Gasteiger partial charge in [0.25, 0.3) is 5.56 Å². The van der Waals surface area contributed by atoms with Crippen LogP contribution in [0.25, 0.3) is 0 Å². The number of aromatic nitrogens is 2. The molecule has 0 atom stereocenters. The van der Waals surface area contributed by atoms with Crippen molar-refractivity contribution in [3.63, 3.8) is 0 Å². The molecule has 2 aromatic heterocycles. The molecule has 0 amide bonds. The van der Waals surface area contributed by atoms with E-state index >= 15 is 0 Å². The van der Waals surface area contributed by atoms with Gasteiger partial charge in [-0.25, -0.2) is 0 Å². The van der Waals surface area contributed by atoms with Crippen LogP contribution in [0.5, 0.6) is 5.75 Å². The fourth-order valence-corrected chi connectivity index (χ4v) is 3.75. The first kappa shape index (κ1) is 20.6. The van der Waals surface area contributed by atoms with Gasteiger partial charge >= 0.3 is 0 Å². The average molecular weight is 424 g/mol. The first-order valence-electron chi connectivity index (χ1n) is 10.4. The van der Waals surface area contributed by atoms with Gasteiger partial charge < -0.3 is 9.30 Å². The fourth-order valence-electron chi connectivity index (χ4n) is 3.63. The monoisotopic (exact) mass is 423 g/mol. The van der Waals surface area contributed by atoms with Gasteiger partial charge in [-0.1, -0.05) is 29.8 Å². The van der Waals surface area contributed by atoms with E-state index in [2.05, 4.69) is 22.0 Å². The van der Waals surface area contributed by atoms with E-state index < -0.39 is 0 Å². The molecule has 1 fully saturated rings. The minimum absolute atomic E-state index is 0.0674. The van der Waals surface area contributed by atoms with Crippen molar-refractivity contribution < 1.29 is 4.74 Å². The van der Waals surface area contributed by atoms with Crippen LogP contribution in [-0.4, -0.2) is 27.5 Å². The number of halogens is 1. The molecule has 0 bridgehead atoms. The quantitative estimate of drug-likeness (QED) is 0.541. The number of rotatable bonds is 8.